The van der Waals surface area contributed by atoms with E-state index >= 15 is 0 Å². The topological polar surface area (TPSA) is 81.2 Å². The van der Waals surface area contributed by atoms with Crippen LogP contribution in [0, 0.1) is 6.92 Å². The van der Waals surface area contributed by atoms with Crippen LogP contribution in [0.5, 0.6) is 0 Å². The first-order valence-corrected chi connectivity index (χ1v) is 9.26. The maximum absolute atomic E-state index is 12.5. The minimum Gasteiger partial charge on any atom is -0.451 e. The van der Waals surface area contributed by atoms with Crippen LogP contribution >= 0.6 is 15.9 Å². The molecule has 4 aromatic rings. The Morgan fingerprint density at radius 2 is 1.93 bits per heavy atom. The summed E-state index contributed by atoms with van der Waals surface area (Å²) in [6, 6.07) is 15.2. The van der Waals surface area contributed by atoms with Gasteiger partial charge in [0.2, 0.25) is 11.8 Å². The zero-order chi connectivity index (χ0) is 18.8. The number of benzene rings is 2. The van der Waals surface area contributed by atoms with Crippen molar-refractivity contribution in [3.8, 4) is 11.5 Å². The molecule has 0 saturated carbocycles. The monoisotopic (exact) mass is 425 g/mol. The van der Waals surface area contributed by atoms with E-state index in [0.717, 1.165) is 21.0 Å². The van der Waals surface area contributed by atoms with Crippen LogP contribution in [0.25, 0.3) is 22.4 Å². The van der Waals surface area contributed by atoms with E-state index in [4.69, 9.17) is 8.83 Å². The number of nitrogens with zero attached hydrogens (tertiary/aromatic N) is 2. The van der Waals surface area contributed by atoms with Gasteiger partial charge < -0.3 is 14.2 Å². The van der Waals surface area contributed by atoms with Crippen LogP contribution in [-0.2, 0) is 6.42 Å². The number of rotatable bonds is 5. The minimum absolute atomic E-state index is 0.261. The van der Waals surface area contributed by atoms with Crippen molar-refractivity contribution in [2.75, 3.05) is 6.54 Å². The Balaban J connectivity index is 1.40. The third-order valence-corrected chi connectivity index (χ3v) is 4.71. The number of fused-ring (bicyclic) bond motifs is 1. The number of halogens is 1. The Morgan fingerprint density at radius 3 is 2.74 bits per heavy atom. The molecule has 0 fully saturated rings. The molecule has 0 unspecified atom stereocenters. The van der Waals surface area contributed by atoms with Gasteiger partial charge in [0.25, 0.3) is 5.91 Å². The van der Waals surface area contributed by atoms with E-state index in [-0.39, 0.29) is 5.91 Å². The molecule has 0 aliphatic carbocycles. The van der Waals surface area contributed by atoms with E-state index in [2.05, 4.69) is 31.4 Å². The zero-order valence-electron chi connectivity index (χ0n) is 14.5. The van der Waals surface area contributed by atoms with Gasteiger partial charge in [0.05, 0.1) is 0 Å². The molecule has 4 rings (SSSR count). The molecule has 0 radical (unpaired) electrons. The molecule has 6 nitrogen and oxygen atoms in total. The third-order valence-electron chi connectivity index (χ3n) is 4.22. The molecule has 0 bridgehead atoms. The number of nitrogens with one attached hydrogen (secondary N) is 1. The molecular formula is C20H16BrN3O3. The molecule has 1 N–H and O–H groups in total. The number of aromatic nitrogens is 2. The SMILES string of the molecule is Cc1c(C(=O)NCCc2nnc(-c3ccccc3)o2)oc2ccc(Br)cc12. The first-order valence-electron chi connectivity index (χ1n) is 8.46. The first-order chi connectivity index (χ1) is 13.1. The Kier molecular flexibility index (Phi) is 4.77. The molecule has 7 heteroatoms. The van der Waals surface area contributed by atoms with Crippen molar-refractivity contribution in [3.63, 3.8) is 0 Å². The lowest BCUT2D eigenvalue weighted by molar-refractivity contribution is 0.0927. The normalized spacial score (nSPS) is 11.0. The third kappa shape index (κ3) is 3.64. The van der Waals surface area contributed by atoms with Gasteiger partial charge in [-0.3, -0.25) is 4.79 Å². The minimum atomic E-state index is -0.261. The van der Waals surface area contributed by atoms with Gasteiger partial charge in [-0.2, -0.15) is 0 Å². The summed E-state index contributed by atoms with van der Waals surface area (Å²) in [5.74, 6) is 0.997. The standard InChI is InChI=1S/C20H16BrN3O3/c1-12-15-11-14(21)7-8-16(15)26-18(12)19(25)22-10-9-17-23-24-20(27-17)13-5-3-2-4-6-13/h2-8,11H,9-10H2,1H3,(H,22,25). The van der Waals surface area contributed by atoms with Gasteiger partial charge in [-0.05, 0) is 37.3 Å². The van der Waals surface area contributed by atoms with E-state index < -0.39 is 0 Å². The summed E-state index contributed by atoms with van der Waals surface area (Å²) in [5.41, 5.74) is 2.36. The molecule has 0 saturated heterocycles. The molecule has 2 aromatic heterocycles. The van der Waals surface area contributed by atoms with Crippen molar-refractivity contribution in [3.05, 3.63) is 70.2 Å². The highest BCUT2D eigenvalue weighted by molar-refractivity contribution is 9.10. The molecule has 1 amide bonds. The van der Waals surface area contributed by atoms with Crippen LogP contribution in [0.4, 0.5) is 0 Å². The van der Waals surface area contributed by atoms with Crippen molar-refractivity contribution in [2.45, 2.75) is 13.3 Å². The van der Waals surface area contributed by atoms with Crippen molar-refractivity contribution < 1.29 is 13.6 Å². The zero-order valence-corrected chi connectivity index (χ0v) is 16.1. The van der Waals surface area contributed by atoms with Crippen LogP contribution < -0.4 is 5.32 Å². The molecule has 136 valence electrons. The highest BCUT2D eigenvalue weighted by Crippen LogP contribution is 2.28. The largest absolute Gasteiger partial charge is 0.451 e. The summed E-state index contributed by atoms with van der Waals surface area (Å²) in [5, 5.41) is 11.8. The maximum Gasteiger partial charge on any atom is 0.287 e. The summed E-state index contributed by atoms with van der Waals surface area (Å²) in [6.07, 6.45) is 0.441. The number of hydrogen-bond acceptors (Lipinski definition) is 5. The maximum atomic E-state index is 12.5. The number of amides is 1. The van der Waals surface area contributed by atoms with Crippen molar-refractivity contribution in [1.82, 2.24) is 15.5 Å². The number of aryl methyl sites for hydroxylation is 1. The molecule has 0 atom stereocenters. The second-order valence-electron chi connectivity index (χ2n) is 6.07. The smallest absolute Gasteiger partial charge is 0.287 e. The molecule has 2 heterocycles. The molecule has 27 heavy (non-hydrogen) atoms. The van der Waals surface area contributed by atoms with Crippen LogP contribution in [0.2, 0.25) is 0 Å². The van der Waals surface area contributed by atoms with Gasteiger partial charge in [-0.1, -0.05) is 34.1 Å². The second-order valence-corrected chi connectivity index (χ2v) is 6.99. The van der Waals surface area contributed by atoms with E-state index in [0.29, 0.717) is 36.1 Å². The Morgan fingerprint density at radius 1 is 1.11 bits per heavy atom. The summed E-state index contributed by atoms with van der Waals surface area (Å²) in [4.78, 5) is 12.5. The van der Waals surface area contributed by atoms with Crippen molar-refractivity contribution in [1.29, 1.82) is 0 Å². The van der Waals surface area contributed by atoms with Crippen LogP contribution in [0.15, 0.2) is 61.8 Å². The lowest BCUT2D eigenvalue weighted by atomic mass is 10.1. The molecule has 2 aromatic carbocycles. The highest BCUT2D eigenvalue weighted by Gasteiger charge is 2.18. The number of carbonyl (C=O) groups excluding carboxylic acids is 1. The number of furan rings is 1. The highest BCUT2D eigenvalue weighted by atomic mass is 79.9. The lowest BCUT2D eigenvalue weighted by Gasteiger charge is -2.01. The van der Waals surface area contributed by atoms with E-state index in [1.165, 1.54) is 0 Å². The van der Waals surface area contributed by atoms with Crippen molar-refractivity contribution >= 4 is 32.8 Å². The second kappa shape index (κ2) is 7.36. The predicted octanol–water partition coefficient (Wildman–Crippen LogP) is 4.53. The molecule has 0 aliphatic rings. The van der Waals surface area contributed by atoms with Crippen molar-refractivity contribution in [2.24, 2.45) is 0 Å². The number of hydrogen-bond donors (Lipinski definition) is 1. The fraction of sp³-hybridized carbons (Fsp3) is 0.150. The predicted molar refractivity (Wildman–Crippen MR) is 104 cm³/mol. The van der Waals surface area contributed by atoms with Gasteiger partial charge in [-0.25, -0.2) is 0 Å². The van der Waals surface area contributed by atoms with E-state index in [9.17, 15) is 4.79 Å². The van der Waals surface area contributed by atoms with Gasteiger partial charge in [0.1, 0.15) is 5.58 Å². The fourth-order valence-electron chi connectivity index (χ4n) is 2.82. The van der Waals surface area contributed by atoms with Crippen LogP contribution in [0.3, 0.4) is 0 Å². The summed E-state index contributed by atoms with van der Waals surface area (Å²) >= 11 is 3.43. The van der Waals surface area contributed by atoms with Crippen LogP contribution in [-0.4, -0.2) is 22.6 Å². The summed E-state index contributed by atoms with van der Waals surface area (Å²) < 4.78 is 12.3. The Labute approximate surface area is 163 Å². The Bertz CT molecular complexity index is 1100. The van der Waals surface area contributed by atoms with Gasteiger partial charge in [0, 0.05) is 34.0 Å². The first kappa shape index (κ1) is 17.5. The average molecular weight is 426 g/mol. The van der Waals surface area contributed by atoms with E-state index in [1.54, 1.807) is 0 Å². The number of carbonyl (C=O) groups is 1. The summed E-state index contributed by atoms with van der Waals surface area (Å²) in [7, 11) is 0. The van der Waals surface area contributed by atoms with Gasteiger partial charge >= 0.3 is 0 Å². The fourth-order valence-corrected chi connectivity index (χ4v) is 3.19. The Hall–Kier alpha value is -2.93. The van der Waals surface area contributed by atoms with E-state index in [1.807, 2.05) is 55.5 Å². The molecule has 0 aliphatic heterocycles. The quantitative estimate of drug-likeness (QED) is 0.507. The summed E-state index contributed by atoms with van der Waals surface area (Å²) in [6.45, 7) is 2.24. The van der Waals surface area contributed by atoms with Gasteiger partial charge in [0.15, 0.2) is 5.76 Å². The van der Waals surface area contributed by atoms with Crippen LogP contribution in [0.1, 0.15) is 22.0 Å². The van der Waals surface area contributed by atoms with Gasteiger partial charge in [-0.15, -0.1) is 10.2 Å². The molecule has 0 spiro atoms. The molecular weight excluding hydrogens is 410 g/mol. The lowest BCUT2D eigenvalue weighted by Crippen LogP contribution is -2.25. The average Bonchev–Trinajstić information content (AvgIpc) is 3.28.